The van der Waals surface area contributed by atoms with Gasteiger partial charge in [-0.25, -0.2) is 9.18 Å². The van der Waals surface area contributed by atoms with Crippen LogP contribution in [0.25, 0.3) is 0 Å². The summed E-state index contributed by atoms with van der Waals surface area (Å²) in [6, 6.07) is 2.39. The molecule has 1 unspecified atom stereocenters. The summed E-state index contributed by atoms with van der Waals surface area (Å²) in [7, 11) is 1.13. The molecule has 0 aromatic heterocycles. The van der Waals surface area contributed by atoms with Gasteiger partial charge >= 0.3 is 5.97 Å². The quantitative estimate of drug-likeness (QED) is 0.807. The molecule has 0 radical (unpaired) electrons. The molecule has 1 aromatic rings. The van der Waals surface area contributed by atoms with Crippen molar-refractivity contribution in [1.82, 2.24) is 5.32 Å². The summed E-state index contributed by atoms with van der Waals surface area (Å²) in [5.41, 5.74) is 0.0253. The van der Waals surface area contributed by atoms with Gasteiger partial charge in [0.25, 0.3) is 5.91 Å². The van der Waals surface area contributed by atoms with E-state index in [1.54, 1.807) is 0 Å². The lowest BCUT2D eigenvalue weighted by Crippen LogP contribution is -2.44. The second-order valence-electron chi connectivity index (χ2n) is 3.36. The molecule has 7 heteroatoms. The van der Waals surface area contributed by atoms with Gasteiger partial charge in [0.15, 0.2) is 6.04 Å². The van der Waals surface area contributed by atoms with E-state index in [0.29, 0.717) is 4.47 Å². The Balaban J connectivity index is 2.87. The average molecular weight is 320 g/mol. The van der Waals surface area contributed by atoms with Crippen LogP contribution in [0.5, 0.6) is 0 Å². The number of hydrogen-bond donors (Lipinski definition) is 2. The first-order chi connectivity index (χ1) is 8.49. The van der Waals surface area contributed by atoms with Crippen molar-refractivity contribution in [3.8, 4) is 0 Å². The minimum absolute atomic E-state index is 0.0253. The van der Waals surface area contributed by atoms with Gasteiger partial charge in [0.2, 0.25) is 0 Å². The Morgan fingerprint density at radius 2 is 2.22 bits per heavy atom. The number of nitrogens with one attached hydrogen (secondary N) is 1. The van der Waals surface area contributed by atoms with Gasteiger partial charge in [-0.2, -0.15) is 0 Å². The fourth-order valence-corrected chi connectivity index (χ4v) is 1.66. The number of halogens is 2. The Labute approximate surface area is 111 Å². The largest absolute Gasteiger partial charge is 0.467 e. The van der Waals surface area contributed by atoms with Gasteiger partial charge in [-0.3, -0.25) is 4.79 Å². The van der Waals surface area contributed by atoms with Crippen LogP contribution >= 0.6 is 15.9 Å². The molecule has 98 valence electrons. The van der Waals surface area contributed by atoms with E-state index in [0.717, 1.165) is 13.2 Å². The molecule has 0 spiro atoms. The van der Waals surface area contributed by atoms with Gasteiger partial charge in [-0.15, -0.1) is 0 Å². The Kier molecular flexibility index (Phi) is 5.24. The summed E-state index contributed by atoms with van der Waals surface area (Å²) in [4.78, 5) is 23.0. The Hall–Kier alpha value is -1.47. The molecule has 1 rings (SSSR count). The van der Waals surface area contributed by atoms with E-state index < -0.39 is 30.3 Å². The fraction of sp³-hybridized carbons (Fsp3) is 0.273. The van der Waals surface area contributed by atoms with Gasteiger partial charge in [-0.1, -0.05) is 0 Å². The lowest BCUT2D eigenvalue weighted by molar-refractivity contribution is -0.143. The Morgan fingerprint density at radius 1 is 1.56 bits per heavy atom. The minimum Gasteiger partial charge on any atom is -0.467 e. The zero-order valence-corrected chi connectivity index (χ0v) is 11.0. The summed E-state index contributed by atoms with van der Waals surface area (Å²) in [6.07, 6.45) is 0. The monoisotopic (exact) mass is 319 g/mol. The number of ether oxygens (including phenoxy) is 1. The van der Waals surface area contributed by atoms with Gasteiger partial charge in [0.1, 0.15) is 5.82 Å². The minimum atomic E-state index is -1.18. The van der Waals surface area contributed by atoms with Gasteiger partial charge in [0.05, 0.1) is 19.3 Å². The number of aliphatic hydroxyl groups is 1. The maximum absolute atomic E-state index is 13.0. The van der Waals surface area contributed by atoms with Crippen LogP contribution in [0.15, 0.2) is 22.7 Å². The van der Waals surface area contributed by atoms with E-state index in [1.807, 2.05) is 0 Å². The molecule has 1 amide bonds. The maximum atomic E-state index is 13.0. The molecule has 0 heterocycles. The number of methoxy groups -OCH3 is 1. The fourth-order valence-electron chi connectivity index (χ4n) is 1.23. The number of amides is 1. The predicted molar refractivity (Wildman–Crippen MR) is 64.5 cm³/mol. The molecule has 2 N–H and O–H groups in total. The third-order valence-electron chi connectivity index (χ3n) is 2.15. The molecule has 0 aliphatic carbocycles. The number of hydrogen-bond acceptors (Lipinski definition) is 4. The zero-order chi connectivity index (χ0) is 13.7. The van der Waals surface area contributed by atoms with Gasteiger partial charge in [0, 0.05) is 4.47 Å². The molecular weight excluding hydrogens is 309 g/mol. The summed E-state index contributed by atoms with van der Waals surface area (Å²) in [6.45, 7) is -0.606. The summed E-state index contributed by atoms with van der Waals surface area (Å²) in [5.74, 6) is -2.05. The van der Waals surface area contributed by atoms with E-state index in [-0.39, 0.29) is 5.56 Å². The highest BCUT2D eigenvalue weighted by atomic mass is 79.9. The van der Waals surface area contributed by atoms with Crippen LogP contribution in [0.1, 0.15) is 10.4 Å². The molecule has 0 saturated carbocycles. The van der Waals surface area contributed by atoms with Crippen molar-refractivity contribution < 1.29 is 23.8 Å². The SMILES string of the molecule is COC(=O)C(CO)NC(=O)c1cc(F)ccc1Br. The smallest absolute Gasteiger partial charge is 0.330 e. The normalized spacial score (nSPS) is 11.8. The summed E-state index contributed by atoms with van der Waals surface area (Å²) in [5, 5.41) is 11.2. The number of carbonyl (C=O) groups excluding carboxylic acids is 2. The van der Waals surface area contributed by atoms with Crippen LogP contribution in [0.2, 0.25) is 0 Å². The number of carbonyl (C=O) groups is 2. The van der Waals surface area contributed by atoms with Crippen molar-refractivity contribution in [2.75, 3.05) is 13.7 Å². The standard InChI is InChI=1S/C11H11BrFNO4/c1-18-11(17)9(5-15)14-10(16)7-4-6(13)2-3-8(7)12/h2-4,9,15H,5H2,1H3,(H,14,16). The summed E-state index contributed by atoms with van der Waals surface area (Å²) < 4.78 is 17.8. The highest BCUT2D eigenvalue weighted by Crippen LogP contribution is 2.17. The second-order valence-corrected chi connectivity index (χ2v) is 4.21. The maximum Gasteiger partial charge on any atom is 0.330 e. The van der Waals surface area contributed by atoms with Crippen LogP contribution in [0.3, 0.4) is 0 Å². The molecule has 0 aliphatic rings. The third-order valence-corrected chi connectivity index (χ3v) is 2.84. The molecule has 1 aromatic carbocycles. The highest BCUT2D eigenvalue weighted by Gasteiger charge is 2.22. The highest BCUT2D eigenvalue weighted by molar-refractivity contribution is 9.10. The molecule has 0 fully saturated rings. The van der Waals surface area contributed by atoms with Gasteiger partial charge in [-0.05, 0) is 34.1 Å². The van der Waals surface area contributed by atoms with Crippen molar-refractivity contribution in [2.24, 2.45) is 0 Å². The van der Waals surface area contributed by atoms with Crippen molar-refractivity contribution in [1.29, 1.82) is 0 Å². The van der Waals surface area contributed by atoms with E-state index in [4.69, 9.17) is 5.11 Å². The molecule has 0 saturated heterocycles. The van der Waals surface area contributed by atoms with Gasteiger partial charge < -0.3 is 15.2 Å². The van der Waals surface area contributed by atoms with Crippen LogP contribution in [0.4, 0.5) is 4.39 Å². The molecule has 5 nitrogen and oxygen atoms in total. The van der Waals surface area contributed by atoms with Crippen LogP contribution in [0, 0.1) is 5.82 Å². The van der Waals surface area contributed by atoms with Crippen LogP contribution in [-0.2, 0) is 9.53 Å². The second kappa shape index (κ2) is 6.46. The molecule has 0 bridgehead atoms. The first-order valence-electron chi connectivity index (χ1n) is 4.94. The van der Waals surface area contributed by atoms with Crippen molar-refractivity contribution in [3.05, 3.63) is 34.1 Å². The topological polar surface area (TPSA) is 75.6 Å². The molecular formula is C11H11BrFNO4. The van der Waals surface area contributed by atoms with E-state index in [9.17, 15) is 14.0 Å². The average Bonchev–Trinajstić information content (AvgIpc) is 2.37. The Bertz CT molecular complexity index is 466. The predicted octanol–water partition coefficient (Wildman–Crippen LogP) is 0.852. The van der Waals surface area contributed by atoms with Crippen molar-refractivity contribution in [3.63, 3.8) is 0 Å². The first kappa shape index (κ1) is 14.6. The van der Waals surface area contributed by atoms with E-state index in [2.05, 4.69) is 26.0 Å². The number of benzene rings is 1. The van der Waals surface area contributed by atoms with Crippen LogP contribution in [-0.4, -0.2) is 36.7 Å². The number of rotatable bonds is 4. The molecule has 0 aliphatic heterocycles. The Morgan fingerprint density at radius 3 is 2.78 bits per heavy atom. The zero-order valence-electron chi connectivity index (χ0n) is 9.44. The van der Waals surface area contributed by atoms with Crippen LogP contribution < -0.4 is 5.32 Å². The lowest BCUT2D eigenvalue weighted by Gasteiger charge is -2.14. The first-order valence-corrected chi connectivity index (χ1v) is 5.73. The third kappa shape index (κ3) is 3.51. The summed E-state index contributed by atoms with van der Waals surface area (Å²) >= 11 is 3.09. The van der Waals surface area contributed by atoms with E-state index in [1.165, 1.54) is 12.1 Å². The lowest BCUT2D eigenvalue weighted by atomic mass is 10.2. The molecule has 18 heavy (non-hydrogen) atoms. The number of aliphatic hydroxyl groups excluding tert-OH is 1. The van der Waals surface area contributed by atoms with Crippen molar-refractivity contribution in [2.45, 2.75) is 6.04 Å². The van der Waals surface area contributed by atoms with Crippen molar-refractivity contribution >= 4 is 27.8 Å². The number of esters is 1. The molecule has 1 atom stereocenters. The van der Waals surface area contributed by atoms with E-state index >= 15 is 0 Å².